The van der Waals surface area contributed by atoms with E-state index in [0.717, 1.165) is 16.6 Å². The fraction of sp³-hybridized carbons (Fsp3) is 0.217. The second-order valence-electron chi connectivity index (χ2n) is 6.43. The highest BCUT2D eigenvalue weighted by Gasteiger charge is 2.12. The van der Waals surface area contributed by atoms with Gasteiger partial charge in [0.1, 0.15) is 5.75 Å². The average molecular weight is 425 g/mol. The van der Waals surface area contributed by atoms with Gasteiger partial charge in [0.2, 0.25) is 5.88 Å². The Morgan fingerprint density at radius 2 is 1.56 bits per heavy atom. The highest BCUT2D eigenvalue weighted by Crippen LogP contribution is 2.30. The highest BCUT2D eigenvalue weighted by atomic mass is 79.9. The Hall–Kier alpha value is -2.46. The Bertz CT molecular complexity index is 827. The molecule has 0 aliphatic heterocycles. The van der Waals surface area contributed by atoms with Crippen molar-refractivity contribution in [3.8, 4) is 11.6 Å². The van der Waals surface area contributed by atoms with Crippen LogP contribution in [0.3, 0.4) is 0 Å². The lowest BCUT2D eigenvalue weighted by Gasteiger charge is -2.16. The van der Waals surface area contributed by atoms with Crippen molar-refractivity contribution in [3.05, 3.63) is 94.9 Å². The summed E-state index contributed by atoms with van der Waals surface area (Å²) in [5, 5.41) is 0. The van der Waals surface area contributed by atoms with E-state index in [9.17, 15) is 0 Å². The van der Waals surface area contributed by atoms with Crippen LogP contribution in [0.1, 0.15) is 44.2 Å². The van der Waals surface area contributed by atoms with Gasteiger partial charge in [-0.3, -0.25) is 4.98 Å². The van der Waals surface area contributed by atoms with Crippen LogP contribution in [-0.2, 0) is 0 Å². The molecule has 27 heavy (non-hydrogen) atoms. The lowest BCUT2D eigenvalue weighted by Crippen LogP contribution is -1.99. The molecule has 0 aliphatic carbocycles. The van der Waals surface area contributed by atoms with E-state index in [1.807, 2.05) is 26.0 Å². The van der Waals surface area contributed by atoms with Crippen LogP contribution in [0, 0.1) is 0 Å². The number of aromatic nitrogens is 2. The molecule has 0 N–H and O–H groups in total. The summed E-state index contributed by atoms with van der Waals surface area (Å²) < 4.78 is 6.79. The third kappa shape index (κ3) is 6.99. The number of hydrogen-bond donors (Lipinski definition) is 0. The SMILES string of the molecule is C=C(C)C.CCC(c1ccc(Br)cc1)c1ccc(Oc2cnccn2)cc1. The third-order valence-electron chi connectivity index (χ3n) is 3.72. The first-order valence-electron chi connectivity index (χ1n) is 8.91. The van der Waals surface area contributed by atoms with Crippen LogP contribution in [0.2, 0.25) is 0 Å². The van der Waals surface area contributed by atoms with Gasteiger partial charge in [0.05, 0.1) is 6.20 Å². The van der Waals surface area contributed by atoms with Crippen molar-refractivity contribution in [1.82, 2.24) is 9.97 Å². The lowest BCUT2D eigenvalue weighted by molar-refractivity contribution is 0.460. The van der Waals surface area contributed by atoms with Gasteiger partial charge in [0.25, 0.3) is 0 Å². The second-order valence-corrected chi connectivity index (χ2v) is 7.35. The maximum atomic E-state index is 5.69. The zero-order chi connectivity index (χ0) is 19.6. The van der Waals surface area contributed by atoms with E-state index in [1.54, 1.807) is 18.6 Å². The average Bonchev–Trinajstić information content (AvgIpc) is 2.66. The van der Waals surface area contributed by atoms with Gasteiger partial charge < -0.3 is 4.74 Å². The Morgan fingerprint density at radius 1 is 1.00 bits per heavy atom. The molecule has 0 saturated heterocycles. The van der Waals surface area contributed by atoms with Crippen LogP contribution >= 0.6 is 15.9 Å². The van der Waals surface area contributed by atoms with Crippen molar-refractivity contribution >= 4 is 15.9 Å². The molecule has 2 aromatic carbocycles. The van der Waals surface area contributed by atoms with Crippen molar-refractivity contribution in [1.29, 1.82) is 0 Å². The van der Waals surface area contributed by atoms with Crippen LogP contribution < -0.4 is 4.74 Å². The van der Waals surface area contributed by atoms with Gasteiger partial charge >= 0.3 is 0 Å². The number of hydrogen-bond acceptors (Lipinski definition) is 3. The van der Waals surface area contributed by atoms with Crippen molar-refractivity contribution in [2.24, 2.45) is 0 Å². The lowest BCUT2D eigenvalue weighted by atomic mass is 9.89. The molecule has 140 valence electrons. The summed E-state index contributed by atoms with van der Waals surface area (Å²) in [6.45, 7) is 9.71. The van der Waals surface area contributed by atoms with Gasteiger partial charge in [0, 0.05) is 22.8 Å². The van der Waals surface area contributed by atoms with Gasteiger partial charge in [-0.05, 0) is 55.7 Å². The maximum Gasteiger partial charge on any atom is 0.237 e. The predicted molar refractivity (Wildman–Crippen MR) is 115 cm³/mol. The molecule has 0 spiro atoms. The van der Waals surface area contributed by atoms with Crippen LogP contribution in [-0.4, -0.2) is 9.97 Å². The Labute approximate surface area is 170 Å². The number of ether oxygens (including phenoxy) is 1. The van der Waals surface area contributed by atoms with Crippen LogP contribution in [0.15, 0.2) is 83.7 Å². The van der Waals surface area contributed by atoms with Gasteiger partial charge in [-0.15, -0.1) is 6.58 Å². The monoisotopic (exact) mass is 424 g/mol. The standard InChI is InChI=1S/C19H17BrN2O.C4H8/c1-2-18(14-3-7-16(20)8-4-14)15-5-9-17(10-6-15)23-19-13-21-11-12-22-19;1-4(2)3/h3-13,18H,2H2,1H3;1H2,2-3H3. The molecule has 3 rings (SSSR count). The number of rotatable bonds is 5. The summed E-state index contributed by atoms with van der Waals surface area (Å²) in [4.78, 5) is 8.11. The summed E-state index contributed by atoms with van der Waals surface area (Å²) in [7, 11) is 0. The zero-order valence-electron chi connectivity index (χ0n) is 16.0. The Balaban J connectivity index is 0.000000596. The molecule has 0 aliphatic rings. The van der Waals surface area contributed by atoms with E-state index in [-0.39, 0.29) is 0 Å². The summed E-state index contributed by atoms with van der Waals surface area (Å²) in [5.74, 6) is 1.65. The number of nitrogens with zero attached hydrogens (tertiary/aromatic N) is 2. The summed E-state index contributed by atoms with van der Waals surface area (Å²) >= 11 is 3.49. The summed E-state index contributed by atoms with van der Waals surface area (Å²) in [6.07, 6.45) is 5.89. The molecule has 0 saturated carbocycles. The van der Waals surface area contributed by atoms with Gasteiger partial charge in [0.15, 0.2) is 0 Å². The molecule has 0 amide bonds. The summed E-state index contributed by atoms with van der Waals surface area (Å²) in [6, 6.07) is 16.7. The molecule has 1 unspecified atom stereocenters. The van der Waals surface area contributed by atoms with Crippen molar-refractivity contribution < 1.29 is 4.74 Å². The Kier molecular flexibility index (Phi) is 8.21. The topological polar surface area (TPSA) is 35.0 Å². The van der Waals surface area contributed by atoms with E-state index < -0.39 is 0 Å². The molecule has 1 aromatic heterocycles. The first-order valence-corrected chi connectivity index (χ1v) is 9.70. The van der Waals surface area contributed by atoms with Gasteiger partial charge in [-0.1, -0.05) is 52.7 Å². The van der Waals surface area contributed by atoms with E-state index in [4.69, 9.17) is 4.74 Å². The van der Waals surface area contributed by atoms with E-state index >= 15 is 0 Å². The quantitative estimate of drug-likeness (QED) is 0.407. The van der Waals surface area contributed by atoms with E-state index in [1.165, 1.54) is 16.7 Å². The summed E-state index contributed by atoms with van der Waals surface area (Å²) in [5.41, 5.74) is 3.76. The van der Waals surface area contributed by atoms with Gasteiger partial charge in [-0.25, -0.2) is 4.98 Å². The first kappa shape index (κ1) is 20.8. The number of benzene rings is 2. The minimum atomic E-state index is 0.383. The zero-order valence-corrected chi connectivity index (χ0v) is 17.6. The second kappa shape index (κ2) is 10.6. The van der Waals surface area contributed by atoms with Crippen LogP contribution in [0.4, 0.5) is 0 Å². The molecule has 1 atom stereocenters. The molecular weight excluding hydrogens is 400 g/mol. The molecule has 4 heteroatoms. The van der Waals surface area contributed by atoms with Crippen molar-refractivity contribution in [2.45, 2.75) is 33.1 Å². The highest BCUT2D eigenvalue weighted by molar-refractivity contribution is 9.10. The molecule has 3 aromatic rings. The van der Waals surface area contributed by atoms with Crippen LogP contribution in [0.25, 0.3) is 0 Å². The fourth-order valence-electron chi connectivity index (χ4n) is 2.59. The molecule has 0 bridgehead atoms. The normalized spacial score (nSPS) is 11.1. The first-order chi connectivity index (χ1) is 13.0. The van der Waals surface area contributed by atoms with E-state index in [2.05, 4.69) is 75.8 Å². The smallest absolute Gasteiger partial charge is 0.237 e. The maximum absolute atomic E-state index is 5.69. The van der Waals surface area contributed by atoms with Crippen LogP contribution in [0.5, 0.6) is 11.6 Å². The number of halogens is 1. The molecular formula is C23H25BrN2O. The van der Waals surface area contributed by atoms with Gasteiger partial charge in [-0.2, -0.15) is 0 Å². The molecule has 3 nitrogen and oxygen atoms in total. The minimum Gasteiger partial charge on any atom is -0.438 e. The Morgan fingerprint density at radius 3 is 2.04 bits per heavy atom. The fourth-order valence-corrected chi connectivity index (χ4v) is 2.85. The third-order valence-corrected chi connectivity index (χ3v) is 4.25. The molecule has 0 radical (unpaired) electrons. The van der Waals surface area contributed by atoms with Crippen molar-refractivity contribution in [3.63, 3.8) is 0 Å². The van der Waals surface area contributed by atoms with Crippen molar-refractivity contribution in [2.75, 3.05) is 0 Å². The predicted octanol–water partition coefficient (Wildman–Crippen LogP) is 7.16. The largest absolute Gasteiger partial charge is 0.438 e. The molecule has 0 fully saturated rings. The van der Waals surface area contributed by atoms with E-state index in [0.29, 0.717) is 11.8 Å². The molecule has 1 heterocycles. The number of allylic oxidation sites excluding steroid dienone is 1. The minimum absolute atomic E-state index is 0.383.